The maximum atomic E-state index is 13.5. The second-order valence-electron chi connectivity index (χ2n) is 7.62. The quantitative estimate of drug-likeness (QED) is 0.352. The molecule has 4 rings (SSSR count). The van der Waals surface area contributed by atoms with Crippen molar-refractivity contribution in [1.82, 2.24) is 10.6 Å². The summed E-state index contributed by atoms with van der Waals surface area (Å²) >= 11 is 1.50. The largest absolute Gasteiger partial charge is 0.340 e. The van der Waals surface area contributed by atoms with Crippen molar-refractivity contribution < 1.29 is 9.59 Å². The van der Waals surface area contributed by atoms with Gasteiger partial charge in [0.15, 0.2) is 0 Å². The summed E-state index contributed by atoms with van der Waals surface area (Å²) in [6, 6.07) is 30.2. The lowest BCUT2D eigenvalue weighted by Crippen LogP contribution is -2.37. The molecule has 0 unspecified atom stereocenters. The highest BCUT2D eigenvalue weighted by Crippen LogP contribution is 2.23. The normalized spacial score (nSPS) is 12.1. The molecule has 3 aromatic carbocycles. The summed E-state index contributed by atoms with van der Waals surface area (Å²) < 4.78 is 0. The van der Waals surface area contributed by atoms with Crippen molar-refractivity contribution >= 4 is 29.2 Å². The molecule has 0 radical (unpaired) electrons. The molecule has 0 spiro atoms. The topological polar surface area (TPSA) is 58.2 Å². The number of nitrogens with one attached hydrogen (secondary N) is 2. The fourth-order valence-corrected chi connectivity index (χ4v) is 4.09. The average Bonchev–Trinajstić information content (AvgIpc) is 3.37. The first-order chi connectivity index (χ1) is 16.1. The molecule has 1 atom stereocenters. The number of carbonyl (C=O) groups excluding carboxylic acids is 2. The summed E-state index contributed by atoms with van der Waals surface area (Å²) in [5.41, 5.74) is 3.75. The Morgan fingerprint density at radius 2 is 1.42 bits per heavy atom. The van der Waals surface area contributed by atoms with Crippen LogP contribution in [-0.2, 0) is 4.79 Å². The number of rotatable bonds is 7. The molecule has 4 nitrogen and oxygen atoms in total. The number of benzene rings is 3. The summed E-state index contributed by atoms with van der Waals surface area (Å²) in [6.45, 7) is 2.03. The minimum atomic E-state index is -0.361. The van der Waals surface area contributed by atoms with Gasteiger partial charge < -0.3 is 10.6 Å². The molecule has 0 aliphatic carbocycles. The van der Waals surface area contributed by atoms with Crippen LogP contribution in [0.15, 0.2) is 108 Å². The van der Waals surface area contributed by atoms with E-state index in [1.54, 1.807) is 30.3 Å². The lowest BCUT2D eigenvalue weighted by atomic mass is 9.97. The van der Waals surface area contributed by atoms with Gasteiger partial charge in [0.05, 0.1) is 6.04 Å². The van der Waals surface area contributed by atoms with Crippen LogP contribution in [-0.4, -0.2) is 11.8 Å². The van der Waals surface area contributed by atoms with Gasteiger partial charge in [0, 0.05) is 10.4 Å². The molecule has 33 heavy (non-hydrogen) atoms. The molecule has 0 fully saturated rings. The highest BCUT2D eigenvalue weighted by Gasteiger charge is 2.21. The fourth-order valence-electron chi connectivity index (χ4n) is 3.43. The lowest BCUT2D eigenvalue weighted by Gasteiger charge is -2.21. The third kappa shape index (κ3) is 5.84. The smallest absolute Gasteiger partial charge is 0.268 e. The van der Waals surface area contributed by atoms with E-state index in [9.17, 15) is 9.59 Å². The van der Waals surface area contributed by atoms with E-state index in [4.69, 9.17) is 0 Å². The Morgan fingerprint density at radius 3 is 2.06 bits per heavy atom. The molecule has 0 bridgehead atoms. The van der Waals surface area contributed by atoms with E-state index in [1.807, 2.05) is 85.1 Å². The van der Waals surface area contributed by atoms with Crippen molar-refractivity contribution in [3.8, 4) is 0 Å². The second-order valence-corrected chi connectivity index (χ2v) is 8.60. The molecule has 2 amide bonds. The fraction of sp³-hybridized carbons (Fsp3) is 0.0714. The van der Waals surface area contributed by atoms with E-state index in [2.05, 4.69) is 10.6 Å². The van der Waals surface area contributed by atoms with Gasteiger partial charge in [-0.3, -0.25) is 9.59 Å². The molecule has 5 heteroatoms. The van der Waals surface area contributed by atoms with Crippen LogP contribution in [0.1, 0.15) is 38.0 Å². The summed E-state index contributed by atoms with van der Waals surface area (Å²) in [4.78, 5) is 27.2. The third-order valence-electron chi connectivity index (χ3n) is 5.18. The molecule has 2 N–H and O–H groups in total. The Bertz CT molecular complexity index is 1230. The number of hydrogen-bond acceptors (Lipinski definition) is 3. The van der Waals surface area contributed by atoms with Crippen molar-refractivity contribution in [3.63, 3.8) is 0 Å². The van der Waals surface area contributed by atoms with Crippen LogP contribution < -0.4 is 10.6 Å². The third-order valence-corrected chi connectivity index (χ3v) is 6.00. The van der Waals surface area contributed by atoms with Crippen LogP contribution in [0.25, 0.3) is 6.08 Å². The number of carbonyl (C=O) groups is 2. The molecule has 1 aromatic heterocycles. The van der Waals surface area contributed by atoms with Crippen LogP contribution in [0.3, 0.4) is 0 Å². The van der Waals surface area contributed by atoms with E-state index >= 15 is 0 Å². The van der Waals surface area contributed by atoms with Crippen LogP contribution in [0.2, 0.25) is 0 Å². The number of amides is 2. The molecular weight excluding hydrogens is 428 g/mol. The van der Waals surface area contributed by atoms with Gasteiger partial charge in [0.2, 0.25) is 0 Å². The van der Waals surface area contributed by atoms with Gasteiger partial charge in [-0.05, 0) is 47.7 Å². The number of hydrogen-bond donors (Lipinski definition) is 2. The first-order valence-corrected chi connectivity index (χ1v) is 11.5. The van der Waals surface area contributed by atoms with Crippen LogP contribution in [0.5, 0.6) is 0 Å². The van der Waals surface area contributed by atoms with E-state index in [0.717, 1.165) is 21.6 Å². The van der Waals surface area contributed by atoms with Gasteiger partial charge >= 0.3 is 0 Å². The highest BCUT2D eigenvalue weighted by molar-refractivity contribution is 7.10. The van der Waals surface area contributed by atoms with E-state index in [1.165, 1.54) is 11.3 Å². The van der Waals surface area contributed by atoms with Crippen LogP contribution >= 0.6 is 11.3 Å². The van der Waals surface area contributed by atoms with E-state index < -0.39 is 0 Å². The second kappa shape index (κ2) is 10.6. The van der Waals surface area contributed by atoms with Gasteiger partial charge in [0.1, 0.15) is 5.70 Å². The van der Waals surface area contributed by atoms with Crippen molar-refractivity contribution in [2.75, 3.05) is 0 Å². The zero-order valence-corrected chi connectivity index (χ0v) is 19.0. The predicted octanol–water partition coefficient (Wildman–Crippen LogP) is 5.73. The summed E-state index contributed by atoms with van der Waals surface area (Å²) in [6.07, 6.45) is 1.71. The Morgan fingerprint density at radius 1 is 0.788 bits per heavy atom. The van der Waals surface area contributed by atoms with Crippen LogP contribution in [0.4, 0.5) is 0 Å². The van der Waals surface area contributed by atoms with Crippen molar-refractivity contribution in [1.29, 1.82) is 0 Å². The molecule has 4 aromatic rings. The van der Waals surface area contributed by atoms with Gasteiger partial charge in [-0.15, -0.1) is 11.3 Å². The Kier molecular flexibility index (Phi) is 7.12. The van der Waals surface area contributed by atoms with Crippen molar-refractivity contribution in [3.05, 3.63) is 135 Å². The van der Waals surface area contributed by atoms with Gasteiger partial charge in [0.25, 0.3) is 11.8 Å². The maximum Gasteiger partial charge on any atom is 0.268 e. The van der Waals surface area contributed by atoms with Crippen molar-refractivity contribution in [2.24, 2.45) is 0 Å². The predicted molar refractivity (Wildman–Crippen MR) is 134 cm³/mol. The average molecular weight is 453 g/mol. The summed E-state index contributed by atoms with van der Waals surface area (Å²) in [5, 5.41) is 7.86. The molecule has 0 aliphatic heterocycles. The monoisotopic (exact) mass is 452 g/mol. The van der Waals surface area contributed by atoms with E-state index in [0.29, 0.717) is 5.56 Å². The molecule has 0 aliphatic rings. The molecule has 0 saturated carbocycles. The first kappa shape index (κ1) is 22.2. The zero-order chi connectivity index (χ0) is 23.0. The SMILES string of the molecule is Cc1ccc([C@@H](NC(=O)/C(=C/c2cccs2)NC(=O)c2ccccc2)c2ccccc2)cc1. The maximum absolute atomic E-state index is 13.5. The van der Waals surface area contributed by atoms with Crippen molar-refractivity contribution in [2.45, 2.75) is 13.0 Å². The Hall–Kier alpha value is -3.96. The van der Waals surface area contributed by atoms with Crippen LogP contribution in [0, 0.1) is 6.92 Å². The number of aryl methyl sites for hydroxylation is 1. The minimum Gasteiger partial charge on any atom is -0.340 e. The zero-order valence-electron chi connectivity index (χ0n) is 18.2. The first-order valence-electron chi connectivity index (χ1n) is 10.6. The van der Waals surface area contributed by atoms with Gasteiger partial charge in [-0.2, -0.15) is 0 Å². The molecule has 164 valence electrons. The molecule has 0 saturated heterocycles. The van der Waals surface area contributed by atoms with Gasteiger partial charge in [-0.1, -0.05) is 84.4 Å². The lowest BCUT2D eigenvalue weighted by molar-refractivity contribution is -0.118. The highest BCUT2D eigenvalue weighted by atomic mass is 32.1. The summed E-state index contributed by atoms with van der Waals surface area (Å²) in [5.74, 6) is -0.692. The molecular formula is C28H24N2O2S. The Balaban J connectivity index is 1.65. The summed E-state index contributed by atoms with van der Waals surface area (Å²) in [7, 11) is 0. The standard InChI is InChI=1S/C28H24N2O2S/c1-20-14-16-22(17-15-20)26(21-9-4-2-5-10-21)30-28(32)25(19-24-13-8-18-33-24)29-27(31)23-11-6-3-7-12-23/h2-19,26H,1H3,(H,29,31)(H,30,32)/b25-19-/t26-/m0/s1. The Labute approximate surface area is 197 Å². The van der Waals surface area contributed by atoms with E-state index in [-0.39, 0.29) is 23.6 Å². The van der Waals surface area contributed by atoms with Gasteiger partial charge in [-0.25, -0.2) is 0 Å². The minimum absolute atomic E-state index is 0.194. The molecule has 1 heterocycles. The number of thiophene rings is 1.